The summed E-state index contributed by atoms with van der Waals surface area (Å²) in [5.74, 6) is 0. The summed E-state index contributed by atoms with van der Waals surface area (Å²) in [6.45, 7) is 1.04. The molecule has 0 bridgehead atoms. The molecule has 1 N–H and O–H groups in total. The highest BCUT2D eigenvalue weighted by Gasteiger charge is 2.46. The summed E-state index contributed by atoms with van der Waals surface area (Å²) in [4.78, 5) is 0. The van der Waals surface area contributed by atoms with Crippen LogP contribution in [-0.2, 0) is 36.9 Å². The van der Waals surface area contributed by atoms with Gasteiger partial charge in [-0.1, -0.05) is 60.7 Å². The number of hydrogen-bond acceptors (Lipinski definition) is 6. The van der Waals surface area contributed by atoms with Crippen molar-refractivity contribution in [2.24, 2.45) is 0 Å². The van der Waals surface area contributed by atoms with Gasteiger partial charge in [0.25, 0.3) is 0 Å². The van der Waals surface area contributed by atoms with Gasteiger partial charge < -0.3 is 28.8 Å². The first kappa shape index (κ1) is 20.9. The molecule has 5 atom stereocenters. The maximum absolute atomic E-state index is 10.7. The zero-order valence-corrected chi connectivity index (χ0v) is 16.3. The molecule has 0 aliphatic carbocycles. The van der Waals surface area contributed by atoms with Gasteiger partial charge in [0, 0.05) is 14.2 Å². The Labute approximate surface area is 165 Å². The fourth-order valence-electron chi connectivity index (χ4n) is 3.30. The summed E-state index contributed by atoms with van der Waals surface area (Å²) >= 11 is 0. The Balaban J connectivity index is 1.58. The van der Waals surface area contributed by atoms with Gasteiger partial charge in [-0.25, -0.2) is 0 Å². The van der Waals surface area contributed by atoms with Gasteiger partial charge in [-0.15, -0.1) is 0 Å². The Morgan fingerprint density at radius 1 is 0.821 bits per heavy atom. The Hall–Kier alpha value is -1.80. The molecule has 1 aliphatic heterocycles. The van der Waals surface area contributed by atoms with E-state index < -0.39 is 30.7 Å². The molecule has 6 nitrogen and oxygen atoms in total. The lowest BCUT2D eigenvalue weighted by Gasteiger charge is -2.43. The summed E-state index contributed by atoms with van der Waals surface area (Å²) < 4.78 is 28.7. The van der Waals surface area contributed by atoms with Gasteiger partial charge in [-0.05, 0) is 11.1 Å². The molecule has 0 radical (unpaired) electrons. The second-order valence-electron chi connectivity index (χ2n) is 6.73. The lowest BCUT2D eigenvalue weighted by molar-refractivity contribution is -0.311. The van der Waals surface area contributed by atoms with Crippen molar-refractivity contribution in [2.45, 2.75) is 43.9 Å². The van der Waals surface area contributed by atoms with Crippen LogP contribution in [0.25, 0.3) is 0 Å². The molecule has 1 heterocycles. The predicted octanol–water partition coefficient (Wildman–Crippen LogP) is 2.54. The van der Waals surface area contributed by atoms with Gasteiger partial charge in [0.1, 0.15) is 24.4 Å². The van der Waals surface area contributed by atoms with E-state index in [0.29, 0.717) is 13.2 Å². The first-order valence-electron chi connectivity index (χ1n) is 9.39. The summed E-state index contributed by atoms with van der Waals surface area (Å²) in [5, 5.41) is 10.7. The number of methoxy groups -OCH3 is 2. The maximum atomic E-state index is 10.7. The summed E-state index contributed by atoms with van der Waals surface area (Å²) in [7, 11) is 3.10. The van der Waals surface area contributed by atoms with E-state index in [1.54, 1.807) is 14.2 Å². The molecule has 28 heavy (non-hydrogen) atoms. The molecule has 1 aliphatic rings. The number of benzene rings is 2. The molecule has 0 aromatic heterocycles. The summed E-state index contributed by atoms with van der Waals surface area (Å²) in [5.41, 5.74) is 2.08. The Morgan fingerprint density at radius 3 is 2.00 bits per heavy atom. The summed E-state index contributed by atoms with van der Waals surface area (Å²) in [6.07, 6.45) is -3.28. The topological polar surface area (TPSA) is 66.4 Å². The van der Waals surface area contributed by atoms with E-state index >= 15 is 0 Å². The number of hydrogen-bond donors (Lipinski definition) is 1. The minimum Gasteiger partial charge on any atom is -0.387 e. The fourth-order valence-corrected chi connectivity index (χ4v) is 3.30. The van der Waals surface area contributed by atoms with Crippen molar-refractivity contribution in [1.82, 2.24) is 0 Å². The molecular weight excluding hydrogens is 360 g/mol. The molecular formula is C22H28O6. The number of aliphatic hydroxyl groups excluding tert-OH is 1. The van der Waals surface area contributed by atoms with Gasteiger partial charge in [0.05, 0.1) is 19.8 Å². The quantitative estimate of drug-likeness (QED) is 0.712. The highest BCUT2D eigenvalue weighted by atomic mass is 16.7. The van der Waals surface area contributed by atoms with Crippen LogP contribution in [0.4, 0.5) is 0 Å². The van der Waals surface area contributed by atoms with Crippen LogP contribution in [0.5, 0.6) is 0 Å². The van der Waals surface area contributed by atoms with Crippen molar-refractivity contribution >= 4 is 0 Å². The molecule has 3 rings (SSSR count). The van der Waals surface area contributed by atoms with Crippen LogP contribution in [0.2, 0.25) is 0 Å². The molecule has 0 unspecified atom stereocenters. The monoisotopic (exact) mass is 388 g/mol. The highest BCUT2D eigenvalue weighted by molar-refractivity contribution is 5.14. The van der Waals surface area contributed by atoms with Crippen molar-refractivity contribution in [1.29, 1.82) is 0 Å². The van der Waals surface area contributed by atoms with Gasteiger partial charge in [0.15, 0.2) is 6.29 Å². The lowest BCUT2D eigenvalue weighted by atomic mass is 9.98. The third kappa shape index (κ3) is 5.38. The minimum absolute atomic E-state index is 0.223. The first-order chi connectivity index (χ1) is 13.7. The Kier molecular flexibility index (Phi) is 7.97. The van der Waals surface area contributed by atoms with Crippen molar-refractivity contribution in [2.75, 3.05) is 20.8 Å². The van der Waals surface area contributed by atoms with Crippen molar-refractivity contribution in [3.05, 3.63) is 71.8 Å². The zero-order chi connectivity index (χ0) is 19.8. The van der Waals surface area contributed by atoms with E-state index in [2.05, 4.69) is 0 Å². The van der Waals surface area contributed by atoms with Crippen molar-refractivity contribution < 1.29 is 28.8 Å². The van der Waals surface area contributed by atoms with Gasteiger partial charge >= 0.3 is 0 Å². The van der Waals surface area contributed by atoms with E-state index in [4.69, 9.17) is 23.7 Å². The van der Waals surface area contributed by atoms with E-state index in [0.717, 1.165) is 11.1 Å². The van der Waals surface area contributed by atoms with Crippen LogP contribution >= 0.6 is 0 Å². The van der Waals surface area contributed by atoms with Crippen LogP contribution in [-0.4, -0.2) is 56.6 Å². The molecule has 1 saturated heterocycles. The summed E-state index contributed by atoms with van der Waals surface area (Å²) in [6, 6.07) is 19.7. The standard InChI is InChI=1S/C22H28O6/c1-24-20-19(23)18(15-26-13-16-9-5-3-6-10-16)28-22(25-2)21(20)27-14-17-11-7-4-8-12-17/h3-12,18-23H,13-15H2,1-2H3/t18-,19-,20+,21+,22+/m1/s1. The molecule has 0 saturated carbocycles. The smallest absolute Gasteiger partial charge is 0.186 e. The second-order valence-corrected chi connectivity index (χ2v) is 6.73. The lowest BCUT2D eigenvalue weighted by Crippen LogP contribution is -2.60. The number of rotatable bonds is 9. The number of ether oxygens (including phenoxy) is 5. The third-order valence-electron chi connectivity index (χ3n) is 4.80. The molecule has 0 amide bonds. The van der Waals surface area contributed by atoms with Crippen LogP contribution < -0.4 is 0 Å². The fraction of sp³-hybridized carbons (Fsp3) is 0.455. The van der Waals surface area contributed by atoms with Crippen molar-refractivity contribution in [3.63, 3.8) is 0 Å². The average Bonchev–Trinajstić information content (AvgIpc) is 2.75. The Morgan fingerprint density at radius 2 is 1.43 bits per heavy atom. The van der Waals surface area contributed by atoms with Gasteiger partial charge in [-0.3, -0.25) is 0 Å². The van der Waals surface area contributed by atoms with E-state index in [1.807, 2.05) is 60.7 Å². The highest BCUT2D eigenvalue weighted by Crippen LogP contribution is 2.27. The second kappa shape index (κ2) is 10.7. The van der Waals surface area contributed by atoms with Crippen LogP contribution in [0.15, 0.2) is 60.7 Å². The first-order valence-corrected chi connectivity index (χ1v) is 9.39. The molecule has 2 aromatic rings. The number of aliphatic hydroxyl groups is 1. The molecule has 2 aromatic carbocycles. The predicted molar refractivity (Wildman–Crippen MR) is 104 cm³/mol. The van der Waals surface area contributed by atoms with E-state index in [1.165, 1.54) is 0 Å². The average molecular weight is 388 g/mol. The molecule has 6 heteroatoms. The zero-order valence-electron chi connectivity index (χ0n) is 16.3. The Bertz CT molecular complexity index is 680. The largest absolute Gasteiger partial charge is 0.387 e. The van der Waals surface area contributed by atoms with Crippen LogP contribution in [0, 0.1) is 0 Å². The molecule has 152 valence electrons. The normalized spacial score (nSPS) is 27.6. The molecule has 0 spiro atoms. The van der Waals surface area contributed by atoms with Crippen molar-refractivity contribution in [3.8, 4) is 0 Å². The van der Waals surface area contributed by atoms with Gasteiger partial charge in [0.2, 0.25) is 0 Å². The molecule has 1 fully saturated rings. The van der Waals surface area contributed by atoms with E-state index in [-0.39, 0.29) is 6.61 Å². The SMILES string of the molecule is CO[C@H]1O[C@H](COCc2ccccc2)[C@@H](O)[C@H](OC)[C@@H]1OCc1ccccc1. The van der Waals surface area contributed by atoms with Crippen LogP contribution in [0.3, 0.4) is 0 Å². The van der Waals surface area contributed by atoms with Gasteiger partial charge in [-0.2, -0.15) is 0 Å². The minimum atomic E-state index is -0.895. The van der Waals surface area contributed by atoms with Crippen LogP contribution in [0.1, 0.15) is 11.1 Å². The maximum Gasteiger partial charge on any atom is 0.186 e. The third-order valence-corrected chi connectivity index (χ3v) is 4.80. The van der Waals surface area contributed by atoms with E-state index in [9.17, 15) is 5.11 Å².